The number of carboxylic acid groups (broad SMARTS) is 1. The zero-order valence-electron chi connectivity index (χ0n) is 25.1. The number of imidazole rings is 1. The Hall–Kier alpha value is -4.34. The molecule has 0 bridgehead atoms. The second kappa shape index (κ2) is 12.6. The number of carboxylic acids is 1. The summed E-state index contributed by atoms with van der Waals surface area (Å²) >= 11 is 13.0. The summed E-state index contributed by atoms with van der Waals surface area (Å²) in [6, 6.07) is 18.0. The molecule has 0 unspecified atom stereocenters. The highest BCUT2D eigenvalue weighted by Crippen LogP contribution is 2.39. The van der Waals surface area contributed by atoms with Gasteiger partial charge in [0.2, 0.25) is 5.91 Å². The van der Waals surface area contributed by atoms with Gasteiger partial charge in [0.05, 0.1) is 32.2 Å². The third-order valence-corrected chi connectivity index (χ3v) is 8.88. The van der Waals surface area contributed by atoms with Crippen molar-refractivity contribution in [2.75, 3.05) is 13.1 Å². The van der Waals surface area contributed by atoms with Crippen molar-refractivity contribution in [3.8, 4) is 28.4 Å². The molecule has 1 aliphatic heterocycles. The van der Waals surface area contributed by atoms with Crippen molar-refractivity contribution in [3.05, 3.63) is 87.6 Å². The van der Waals surface area contributed by atoms with E-state index in [4.69, 9.17) is 37.4 Å². The monoisotopic (exact) mass is 646 g/mol. The number of nitrogens with zero attached hydrogens (tertiary/aromatic N) is 4. The van der Waals surface area contributed by atoms with Crippen LogP contribution in [0.1, 0.15) is 67.3 Å². The first-order chi connectivity index (χ1) is 21.6. The zero-order valence-corrected chi connectivity index (χ0v) is 26.6. The van der Waals surface area contributed by atoms with Crippen LogP contribution in [0.5, 0.6) is 5.75 Å². The van der Waals surface area contributed by atoms with Crippen LogP contribution in [0, 0.1) is 0 Å². The summed E-state index contributed by atoms with van der Waals surface area (Å²) < 4.78 is 14.1. The molecular weight excluding hydrogens is 615 g/mol. The van der Waals surface area contributed by atoms with E-state index in [-0.39, 0.29) is 30.0 Å². The number of halogens is 2. The Morgan fingerprint density at radius 1 is 1.04 bits per heavy atom. The van der Waals surface area contributed by atoms with Crippen LogP contribution in [0.2, 0.25) is 10.0 Å². The van der Waals surface area contributed by atoms with Gasteiger partial charge >= 0.3 is 5.97 Å². The van der Waals surface area contributed by atoms with E-state index in [2.05, 4.69) is 9.72 Å². The van der Waals surface area contributed by atoms with Crippen LogP contribution in [-0.4, -0.2) is 49.7 Å². The Balaban J connectivity index is 1.31. The minimum absolute atomic E-state index is 0.0543. The van der Waals surface area contributed by atoms with Crippen molar-refractivity contribution in [1.29, 1.82) is 0 Å². The first-order valence-electron chi connectivity index (χ1n) is 14.8. The number of hydrogen-bond donors (Lipinski definition) is 1. The molecule has 1 aliphatic rings. The molecule has 0 spiro atoms. The normalized spacial score (nSPS) is 14.0. The van der Waals surface area contributed by atoms with Crippen molar-refractivity contribution in [1.82, 2.24) is 19.6 Å². The highest BCUT2D eigenvalue weighted by molar-refractivity contribution is 6.39. The van der Waals surface area contributed by atoms with Crippen LogP contribution in [0.15, 0.2) is 65.2 Å². The third-order valence-electron chi connectivity index (χ3n) is 8.25. The van der Waals surface area contributed by atoms with Crippen LogP contribution in [-0.2, 0) is 11.4 Å². The van der Waals surface area contributed by atoms with Gasteiger partial charge in [-0.3, -0.25) is 4.79 Å². The zero-order chi connectivity index (χ0) is 31.8. The van der Waals surface area contributed by atoms with Gasteiger partial charge in [0.25, 0.3) is 0 Å². The van der Waals surface area contributed by atoms with E-state index in [9.17, 15) is 14.7 Å². The van der Waals surface area contributed by atoms with Crippen molar-refractivity contribution in [3.63, 3.8) is 0 Å². The van der Waals surface area contributed by atoms with Crippen molar-refractivity contribution < 1.29 is 24.0 Å². The topological polar surface area (TPSA) is 111 Å². The molecule has 6 rings (SSSR count). The second-order valence-electron chi connectivity index (χ2n) is 11.5. The lowest BCUT2D eigenvalue weighted by atomic mass is 10.0. The number of piperidine rings is 1. The minimum Gasteiger partial charge on any atom is -0.489 e. The SMILES string of the molecule is CC(=O)N1CCC(n2c(-c3ccc(OCc4c(-c5c(Cl)cccc5Cl)noc4C(C)C)cc3)nc3ccc(C(=O)O)cc32)CC1. The molecule has 2 aromatic heterocycles. The van der Waals surface area contributed by atoms with Gasteiger partial charge in [-0.05, 0) is 67.4 Å². The maximum atomic E-state index is 12.0. The van der Waals surface area contributed by atoms with Gasteiger partial charge in [0, 0.05) is 43.1 Å². The van der Waals surface area contributed by atoms with Gasteiger partial charge in [-0.2, -0.15) is 0 Å². The van der Waals surface area contributed by atoms with Crippen molar-refractivity contribution >= 4 is 46.1 Å². The Kier molecular flexibility index (Phi) is 8.57. The summed E-state index contributed by atoms with van der Waals surface area (Å²) in [5, 5.41) is 14.9. The Morgan fingerprint density at radius 3 is 2.36 bits per heavy atom. The molecule has 5 aromatic rings. The molecule has 1 saturated heterocycles. The number of carbonyl (C=O) groups excluding carboxylic acids is 1. The summed E-state index contributed by atoms with van der Waals surface area (Å²) in [7, 11) is 0. The van der Waals surface area contributed by atoms with E-state index >= 15 is 0 Å². The molecule has 1 amide bonds. The highest BCUT2D eigenvalue weighted by Gasteiger charge is 2.27. The van der Waals surface area contributed by atoms with Crippen molar-refractivity contribution in [2.24, 2.45) is 0 Å². The molecule has 0 aliphatic carbocycles. The van der Waals surface area contributed by atoms with E-state index in [0.717, 1.165) is 35.3 Å². The molecule has 0 radical (unpaired) electrons. The average Bonchev–Trinajstić information content (AvgIpc) is 3.62. The number of rotatable bonds is 8. The molecule has 45 heavy (non-hydrogen) atoms. The lowest BCUT2D eigenvalue weighted by molar-refractivity contribution is -0.130. The third kappa shape index (κ3) is 6.02. The van der Waals surface area contributed by atoms with Crippen molar-refractivity contribution in [2.45, 2.75) is 52.2 Å². The van der Waals surface area contributed by atoms with Crippen LogP contribution in [0.3, 0.4) is 0 Å². The summed E-state index contributed by atoms with van der Waals surface area (Å²) in [6.07, 6.45) is 1.48. The fourth-order valence-electron chi connectivity index (χ4n) is 5.93. The maximum absolute atomic E-state index is 12.0. The first-order valence-corrected chi connectivity index (χ1v) is 15.5. The standard InChI is InChI=1S/C34H32Cl2N4O5/c1-19(2)32-25(31(38-45-32)30-26(35)5-4-6-27(30)36)18-44-24-10-7-21(8-11-24)33-37-28-12-9-22(34(42)43)17-29(28)40(33)23-13-15-39(16-14-23)20(3)41/h4-12,17,19,23H,13-16,18H2,1-3H3,(H,42,43). The number of aromatic carboxylic acids is 1. The minimum atomic E-state index is -0.993. The summed E-state index contributed by atoms with van der Waals surface area (Å²) in [5.41, 5.74) is 4.46. The van der Waals surface area contributed by atoms with Gasteiger partial charge in [0.15, 0.2) is 0 Å². The molecule has 0 saturated carbocycles. The first kappa shape index (κ1) is 30.7. The molecule has 9 nitrogen and oxygen atoms in total. The Morgan fingerprint density at radius 2 is 1.73 bits per heavy atom. The van der Waals surface area contributed by atoms with Gasteiger partial charge in [0.1, 0.15) is 29.6 Å². The van der Waals surface area contributed by atoms with E-state index in [0.29, 0.717) is 51.4 Å². The Labute approximate surface area is 270 Å². The van der Waals surface area contributed by atoms with Crippen LogP contribution >= 0.6 is 23.2 Å². The molecule has 0 atom stereocenters. The molecular formula is C34H32Cl2N4O5. The maximum Gasteiger partial charge on any atom is 0.335 e. The van der Waals surface area contributed by atoms with Gasteiger partial charge in [-0.15, -0.1) is 0 Å². The number of aromatic nitrogens is 3. The van der Waals surface area contributed by atoms with E-state index < -0.39 is 5.97 Å². The highest BCUT2D eigenvalue weighted by atomic mass is 35.5. The summed E-state index contributed by atoms with van der Waals surface area (Å²) in [5.74, 6) is 1.19. The van der Waals surface area contributed by atoms with Crippen LogP contribution in [0.4, 0.5) is 0 Å². The van der Waals surface area contributed by atoms with E-state index in [1.807, 2.05) is 43.0 Å². The number of hydrogen-bond acceptors (Lipinski definition) is 6. The average molecular weight is 648 g/mol. The fraction of sp³-hybridized carbons (Fsp3) is 0.294. The molecule has 232 valence electrons. The fourth-order valence-corrected chi connectivity index (χ4v) is 6.51. The van der Waals surface area contributed by atoms with E-state index in [1.54, 1.807) is 43.3 Å². The summed E-state index contributed by atoms with van der Waals surface area (Å²) in [4.78, 5) is 30.5. The largest absolute Gasteiger partial charge is 0.489 e. The van der Waals surface area contributed by atoms with Gasteiger partial charge < -0.3 is 23.8 Å². The molecule has 1 fully saturated rings. The van der Waals surface area contributed by atoms with Gasteiger partial charge in [-0.1, -0.05) is 48.3 Å². The molecule has 11 heteroatoms. The molecule has 1 N–H and O–H groups in total. The number of ether oxygens (including phenoxy) is 1. The second-order valence-corrected chi connectivity index (χ2v) is 12.3. The Bertz CT molecular complexity index is 1870. The van der Waals surface area contributed by atoms with Gasteiger partial charge in [-0.25, -0.2) is 9.78 Å². The predicted molar refractivity (Wildman–Crippen MR) is 173 cm³/mol. The lowest BCUT2D eigenvalue weighted by Gasteiger charge is -2.33. The molecule has 3 aromatic carbocycles. The lowest BCUT2D eigenvalue weighted by Crippen LogP contribution is -2.37. The van der Waals surface area contributed by atoms with Crippen LogP contribution in [0.25, 0.3) is 33.7 Å². The van der Waals surface area contributed by atoms with Crippen LogP contribution < -0.4 is 4.74 Å². The smallest absolute Gasteiger partial charge is 0.335 e. The quantitative estimate of drug-likeness (QED) is 0.181. The number of likely N-dealkylation sites (tertiary alicyclic amines) is 1. The predicted octanol–water partition coefficient (Wildman–Crippen LogP) is 8.25. The number of fused-ring (bicyclic) bond motifs is 1. The molecule has 3 heterocycles. The summed E-state index contributed by atoms with van der Waals surface area (Å²) in [6.45, 7) is 7.08. The number of carbonyl (C=O) groups is 2. The van der Waals surface area contributed by atoms with E-state index in [1.165, 1.54) is 0 Å². The number of benzene rings is 3. The number of amides is 1.